The number of hydrogen-bond acceptors (Lipinski definition) is 8. The van der Waals surface area contributed by atoms with E-state index in [1.54, 1.807) is 12.4 Å². The number of piperidine rings is 1. The third-order valence-corrected chi connectivity index (χ3v) is 7.29. The van der Waals surface area contributed by atoms with E-state index >= 15 is 0 Å². The quantitative estimate of drug-likeness (QED) is 0.226. The highest BCUT2D eigenvalue weighted by atomic mass is 16.6. The van der Waals surface area contributed by atoms with Crippen LogP contribution in [0.3, 0.4) is 0 Å². The van der Waals surface area contributed by atoms with Crippen LogP contribution in [0.25, 0.3) is 28.4 Å². The number of carbonyl (C=O) groups excluding carboxylic acids is 1. The number of fused-ring (bicyclic) bond motifs is 1. The maximum atomic E-state index is 12.2. The molecular weight excluding hydrogens is 554 g/mol. The highest BCUT2D eigenvalue weighted by molar-refractivity contribution is 5.83. The van der Waals surface area contributed by atoms with Gasteiger partial charge in [0.2, 0.25) is 0 Å². The van der Waals surface area contributed by atoms with Crippen LogP contribution in [0, 0.1) is 6.92 Å². The number of aromatic nitrogens is 5. The van der Waals surface area contributed by atoms with Gasteiger partial charge in [0.15, 0.2) is 11.5 Å². The van der Waals surface area contributed by atoms with Crippen LogP contribution in [0.5, 0.6) is 5.75 Å². The number of carbonyl (C=O) groups is 1. The van der Waals surface area contributed by atoms with Crippen molar-refractivity contribution in [3.05, 3.63) is 90.4 Å². The summed E-state index contributed by atoms with van der Waals surface area (Å²) in [5.41, 5.74) is 4.72. The molecule has 1 N–H and O–H groups in total. The van der Waals surface area contributed by atoms with Crippen LogP contribution in [0.15, 0.2) is 79.1 Å². The van der Waals surface area contributed by atoms with Crippen molar-refractivity contribution in [2.24, 2.45) is 0 Å². The van der Waals surface area contributed by atoms with Crippen molar-refractivity contribution >= 4 is 23.1 Å². The van der Waals surface area contributed by atoms with Gasteiger partial charge in [-0.2, -0.15) is 0 Å². The fourth-order valence-electron chi connectivity index (χ4n) is 5.44. The fraction of sp³-hybridized carbons (Fsp3) is 0.324. The van der Waals surface area contributed by atoms with Crippen LogP contribution < -0.4 is 10.1 Å². The van der Waals surface area contributed by atoms with Gasteiger partial charge in [-0.3, -0.25) is 19.8 Å². The van der Waals surface area contributed by atoms with Gasteiger partial charge < -0.3 is 9.47 Å². The smallest absolute Gasteiger partial charge is 0.413 e. The zero-order valence-corrected chi connectivity index (χ0v) is 25.5. The normalized spacial score (nSPS) is 14.5. The Bertz CT molecular complexity index is 1740. The molecule has 0 unspecified atom stereocenters. The predicted molar refractivity (Wildman–Crippen MR) is 170 cm³/mol. The summed E-state index contributed by atoms with van der Waals surface area (Å²) in [6, 6.07) is 21.8. The maximum absolute atomic E-state index is 12.2. The Kier molecular flexibility index (Phi) is 8.25. The van der Waals surface area contributed by atoms with E-state index in [1.807, 2.05) is 92.9 Å². The number of ether oxygens (including phenoxy) is 2. The molecule has 1 aliphatic rings. The molecule has 0 aliphatic carbocycles. The van der Waals surface area contributed by atoms with E-state index in [9.17, 15) is 4.79 Å². The predicted octanol–water partition coefficient (Wildman–Crippen LogP) is 6.58. The average molecular weight is 592 g/mol. The number of nitrogens with one attached hydrogen (secondary N) is 1. The first-order chi connectivity index (χ1) is 21.2. The number of imidazole rings is 1. The SMILES string of the molecule is Cc1cc(CN2CCC(Oc3ccc(-n4c(-c5ccccn5)nc5cccnc54)cc3)CC2)cc(NC(=O)OC(C)(C)C)n1. The largest absolute Gasteiger partial charge is 0.490 e. The highest BCUT2D eigenvalue weighted by Gasteiger charge is 2.22. The van der Waals surface area contributed by atoms with Gasteiger partial charge in [-0.1, -0.05) is 6.07 Å². The van der Waals surface area contributed by atoms with E-state index in [0.29, 0.717) is 5.82 Å². The van der Waals surface area contributed by atoms with Gasteiger partial charge in [-0.05, 0) is 107 Å². The van der Waals surface area contributed by atoms with Crippen LogP contribution in [0.1, 0.15) is 44.9 Å². The Labute approximate surface area is 257 Å². The molecule has 5 heterocycles. The zero-order valence-electron chi connectivity index (χ0n) is 25.5. The van der Waals surface area contributed by atoms with Crippen LogP contribution in [-0.4, -0.2) is 60.3 Å². The van der Waals surface area contributed by atoms with E-state index in [0.717, 1.165) is 77.9 Å². The van der Waals surface area contributed by atoms with Gasteiger partial charge in [-0.15, -0.1) is 0 Å². The van der Waals surface area contributed by atoms with E-state index in [-0.39, 0.29) is 6.10 Å². The van der Waals surface area contributed by atoms with Gasteiger partial charge in [0.1, 0.15) is 34.5 Å². The zero-order chi connectivity index (χ0) is 30.7. The lowest BCUT2D eigenvalue weighted by Gasteiger charge is -2.32. The van der Waals surface area contributed by atoms with Crippen LogP contribution >= 0.6 is 0 Å². The van der Waals surface area contributed by atoms with E-state index < -0.39 is 11.7 Å². The molecular formula is C34H37N7O3. The minimum Gasteiger partial charge on any atom is -0.490 e. The minimum atomic E-state index is -0.568. The van der Waals surface area contributed by atoms with Crippen molar-refractivity contribution in [3.63, 3.8) is 0 Å². The second kappa shape index (κ2) is 12.4. The first-order valence-corrected chi connectivity index (χ1v) is 14.9. The van der Waals surface area contributed by atoms with Crippen molar-refractivity contribution in [3.8, 4) is 23.0 Å². The molecule has 1 aliphatic heterocycles. The standard InChI is InChI=1S/C34H37N7O3/c1-23-20-24(21-30(37-23)39-33(42)44-34(2,3)4)22-40-18-14-27(15-19-40)43-26-12-10-25(11-13-26)41-31-29(9-7-17-36-31)38-32(41)28-8-5-6-16-35-28/h5-13,16-17,20-21,27H,14-15,18-19,22H2,1-4H3,(H,37,39,42). The fourth-order valence-corrected chi connectivity index (χ4v) is 5.44. The lowest BCUT2D eigenvalue weighted by molar-refractivity contribution is 0.0635. The Balaban J connectivity index is 1.07. The molecule has 226 valence electrons. The van der Waals surface area contributed by atoms with Crippen molar-refractivity contribution < 1.29 is 14.3 Å². The maximum Gasteiger partial charge on any atom is 0.413 e. The van der Waals surface area contributed by atoms with Crippen molar-refractivity contribution in [1.82, 2.24) is 29.4 Å². The van der Waals surface area contributed by atoms with Gasteiger partial charge in [0.25, 0.3) is 0 Å². The van der Waals surface area contributed by atoms with Crippen LogP contribution in [0.2, 0.25) is 0 Å². The number of amides is 1. The summed E-state index contributed by atoms with van der Waals surface area (Å²) in [6.07, 6.45) is 5.04. The van der Waals surface area contributed by atoms with E-state index in [4.69, 9.17) is 14.5 Å². The number of nitrogens with zero attached hydrogens (tertiary/aromatic N) is 6. The minimum absolute atomic E-state index is 0.139. The second-order valence-electron chi connectivity index (χ2n) is 12.0. The molecule has 0 spiro atoms. The van der Waals surface area contributed by atoms with Crippen LogP contribution in [-0.2, 0) is 11.3 Å². The number of pyridine rings is 3. The van der Waals surface area contributed by atoms with Gasteiger partial charge in [0.05, 0.1) is 0 Å². The van der Waals surface area contributed by atoms with Crippen molar-refractivity contribution in [2.75, 3.05) is 18.4 Å². The molecule has 1 fully saturated rings. The molecule has 1 aromatic carbocycles. The summed E-state index contributed by atoms with van der Waals surface area (Å²) < 4.78 is 13.8. The molecule has 44 heavy (non-hydrogen) atoms. The van der Waals surface area contributed by atoms with Gasteiger partial charge in [-0.25, -0.2) is 19.7 Å². The number of anilines is 1. The summed E-state index contributed by atoms with van der Waals surface area (Å²) in [5.74, 6) is 2.09. The second-order valence-corrected chi connectivity index (χ2v) is 12.0. The number of benzene rings is 1. The molecule has 4 aromatic heterocycles. The number of rotatable bonds is 7. The topological polar surface area (TPSA) is 107 Å². The molecule has 0 atom stereocenters. The molecule has 6 rings (SSSR count). The van der Waals surface area contributed by atoms with E-state index in [1.165, 1.54) is 0 Å². The molecule has 0 saturated carbocycles. The lowest BCUT2D eigenvalue weighted by Crippen LogP contribution is -2.37. The molecule has 0 bridgehead atoms. The molecule has 0 radical (unpaired) electrons. The summed E-state index contributed by atoms with van der Waals surface area (Å²) in [5, 5.41) is 2.76. The molecule has 10 nitrogen and oxygen atoms in total. The summed E-state index contributed by atoms with van der Waals surface area (Å²) in [4.78, 5) is 33.0. The molecule has 1 amide bonds. The Morgan fingerprint density at radius 1 is 0.955 bits per heavy atom. The summed E-state index contributed by atoms with van der Waals surface area (Å²) in [6.45, 7) is 10.1. The Morgan fingerprint density at radius 3 is 2.45 bits per heavy atom. The lowest BCUT2D eigenvalue weighted by atomic mass is 10.1. The number of likely N-dealkylation sites (tertiary alicyclic amines) is 1. The highest BCUT2D eigenvalue weighted by Crippen LogP contribution is 2.28. The van der Waals surface area contributed by atoms with E-state index in [2.05, 4.69) is 31.2 Å². The Hall–Kier alpha value is -4.83. The molecule has 5 aromatic rings. The summed E-state index contributed by atoms with van der Waals surface area (Å²) in [7, 11) is 0. The average Bonchev–Trinajstić information content (AvgIpc) is 3.37. The van der Waals surface area contributed by atoms with Crippen molar-refractivity contribution in [2.45, 2.75) is 58.8 Å². The third kappa shape index (κ3) is 7.03. The first-order valence-electron chi connectivity index (χ1n) is 14.9. The van der Waals surface area contributed by atoms with Gasteiger partial charge in [0, 0.05) is 43.4 Å². The van der Waals surface area contributed by atoms with Crippen LogP contribution in [0.4, 0.5) is 10.6 Å². The Morgan fingerprint density at radius 2 is 1.73 bits per heavy atom. The van der Waals surface area contributed by atoms with Gasteiger partial charge >= 0.3 is 6.09 Å². The summed E-state index contributed by atoms with van der Waals surface area (Å²) >= 11 is 0. The third-order valence-electron chi connectivity index (χ3n) is 7.29. The monoisotopic (exact) mass is 591 g/mol. The number of hydrogen-bond donors (Lipinski definition) is 1. The van der Waals surface area contributed by atoms with Crippen molar-refractivity contribution in [1.29, 1.82) is 0 Å². The first kappa shape index (κ1) is 29.3. The molecule has 1 saturated heterocycles. The molecule has 10 heteroatoms. The number of aryl methyl sites for hydroxylation is 1.